The molecule has 5 aliphatic rings. The number of ether oxygens (including phenoxy) is 7. The third-order valence-electron chi connectivity index (χ3n) is 12.8. The molecule has 13 atom stereocenters. The zero-order valence-electron chi connectivity index (χ0n) is 30.1. The van der Waals surface area contributed by atoms with Crippen molar-refractivity contribution in [3.63, 3.8) is 0 Å². The average Bonchev–Trinajstić information content (AvgIpc) is 3.32. The Balaban J connectivity index is 1.33. The number of esters is 5. The van der Waals surface area contributed by atoms with E-state index in [1.54, 1.807) is 0 Å². The highest BCUT2D eigenvalue weighted by Crippen LogP contribution is 2.68. The molecule has 14 nitrogen and oxygen atoms in total. The van der Waals surface area contributed by atoms with Gasteiger partial charge < -0.3 is 38.3 Å². The number of hydrogen-bond acceptors (Lipinski definition) is 14. The highest BCUT2D eigenvalue weighted by atomic mass is 16.7. The first-order valence-electron chi connectivity index (χ1n) is 17.7. The minimum atomic E-state index is -1.71. The summed E-state index contributed by atoms with van der Waals surface area (Å²) in [6, 6.07) is 0. The standard InChI is InChI=1S/C36H52O14/c1-18(37)46-23-10-13-34(5)22(16-23)8-9-24-25(34)11-14-35(6)26(24)12-15-36(35,43)27(41)17-45-33-31(49-21(4)40)29(48-20(3)39)28(47-19(2)38)30(50-33)32(42)44-7/h22-26,28-31,33,43H,8-17H2,1-7H3/t22-,23-,24-,25-,26-,28-,29-,30-,31+,33+,34+,35-,36+/m1/s1. The Morgan fingerprint density at radius 1 is 0.720 bits per heavy atom. The number of rotatable bonds is 9. The van der Waals surface area contributed by atoms with Crippen LogP contribution in [0.2, 0.25) is 0 Å². The maximum Gasteiger partial charge on any atom is 0.339 e. The number of carbonyl (C=O) groups is 6. The van der Waals surface area contributed by atoms with Gasteiger partial charge in [-0.2, -0.15) is 0 Å². The second-order valence-electron chi connectivity index (χ2n) is 15.4. The van der Waals surface area contributed by atoms with E-state index in [4.69, 9.17) is 33.2 Å². The summed E-state index contributed by atoms with van der Waals surface area (Å²) in [7, 11) is 1.08. The first kappa shape index (κ1) is 38.1. The number of hydrogen-bond donors (Lipinski definition) is 1. The van der Waals surface area contributed by atoms with Gasteiger partial charge in [0.1, 0.15) is 18.3 Å². The summed E-state index contributed by atoms with van der Waals surface area (Å²) in [5.74, 6) is -2.96. The monoisotopic (exact) mass is 708 g/mol. The molecule has 5 fully saturated rings. The van der Waals surface area contributed by atoms with E-state index in [0.717, 1.165) is 66.4 Å². The second kappa shape index (κ2) is 14.5. The summed E-state index contributed by atoms with van der Waals surface area (Å²) >= 11 is 0. The van der Waals surface area contributed by atoms with Crippen molar-refractivity contribution in [1.29, 1.82) is 0 Å². The molecule has 1 heterocycles. The van der Waals surface area contributed by atoms with Crippen LogP contribution < -0.4 is 0 Å². The summed E-state index contributed by atoms with van der Waals surface area (Å²) in [6.07, 6.45) is -0.883. The van der Waals surface area contributed by atoms with Gasteiger partial charge in [-0.15, -0.1) is 0 Å². The van der Waals surface area contributed by atoms with Crippen molar-refractivity contribution in [2.45, 2.75) is 142 Å². The van der Waals surface area contributed by atoms with Gasteiger partial charge in [-0.05, 0) is 86.9 Å². The van der Waals surface area contributed by atoms with E-state index in [2.05, 4.69) is 6.92 Å². The smallest absolute Gasteiger partial charge is 0.339 e. The minimum Gasteiger partial charge on any atom is -0.467 e. The fourth-order valence-corrected chi connectivity index (χ4v) is 10.5. The summed E-state index contributed by atoms with van der Waals surface area (Å²) in [4.78, 5) is 74.8. The van der Waals surface area contributed by atoms with Gasteiger partial charge in [0.25, 0.3) is 0 Å². The Hall–Kier alpha value is -3.10. The lowest BCUT2D eigenvalue weighted by atomic mass is 9.44. The van der Waals surface area contributed by atoms with Crippen LogP contribution in [0.3, 0.4) is 0 Å². The van der Waals surface area contributed by atoms with Gasteiger partial charge in [-0.3, -0.25) is 24.0 Å². The van der Waals surface area contributed by atoms with Gasteiger partial charge in [0.2, 0.25) is 0 Å². The quantitative estimate of drug-likeness (QED) is 0.272. The van der Waals surface area contributed by atoms with E-state index in [-0.39, 0.29) is 29.8 Å². The first-order valence-corrected chi connectivity index (χ1v) is 17.7. The van der Waals surface area contributed by atoms with Crippen LogP contribution in [0.25, 0.3) is 0 Å². The number of ketones is 1. The summed E-state index contributed by atoms with van der Waals surface area (Å²) in [5.41, 5.74) is -2.33. The van der Waals surface area contributed by atoms with Crippen LogP contribution in [0.5, 0.6) is 0 Å². The van der Waals surface area contributed by atoms with Gasteiger partial charge in [0, 0.05) is 33.1 Å². The second-order valence-corrected chi connectivity index (χ2v) is 15.4. The molecule has 0 amide bonds. The highest BCUT2D eigenvalue weighted by molar-refractivity contribution is 5.89. The van der Waals surface area contributed by atoms with Crippen LogP contribution >= 0.6 is 0 Å². The van der Waals surface area contributed by atoms with E-state index in [0.29, 0.717) is 30.6 Å². The van der Waals surface area contributed by atoms with Gasteiger partial charge >= 0.3 is 29.8 Å². The van der Waals surface area contributed by atoms with Crippen molar-refractivity contribution in [2.75, 3.05) is 13.7 Å². The van der Waals surface area contributed by atoms with Crippen molar-refractivity contribution in [3.05, 3.63) is 0 Å². The lowest BCUT2D eigenvalue weighted by molar-refractivity contribution is -0.300. The van der Waals surface area contributed by atoms with E-state index >= 15 is 0 Å². The molecule has 1 N–H and O–H groups in total. The zero-order valence-corrected chi connectivity index (χ0v) is 30.1. The van der Waals surface area contributed by atoms with Gasteiger partial charge in [-0.25, -0.2) is 4.79 Å². The molecule has 280 valence electrons. The van der Waals surface area contributed by atoms with E-state index < -0.39 is 78.0 Å². The number of fused-ring (bicyclic) bond motifs is 5. The summed E-state index contributed by atoms with van der Waals surface area (Å²) < 4.78 is 38.2. The number of Topliss-reactive ketones (excluding diaryl/α,β-unsaturated/α-hetero) is 1. The number of aliphatic hydroxyl groups is 1. The average molecular weight is 709 g/mol. The van der Waals surface area contributed by atoms with Crippen LogP contribution in [-0.2, 0) is 61.9 Å². The summed E-state index contributed by atoms with van der Waals surface area (Å²) in [6.45, 7) is 8.43. The third kappa shape index (κ3) is 6.91. The molecule has 4 aliphatic carbocycles. The molecule has 50 heavy (non-hydrogen) atoms. The summed E-state index contributed by atoms with van der Waals surface area (Å²) in [5, 5.41) is 12.2. The Kier molecular flexibility index (Phi) is 11.1. The van der Waals surface area contributed by atoms with E-state index in [9.17, 15) is 33.9 Å². The molecule has 1 saturated heterocycles. The van der Waals surface area contributed by atoms with Crippen molar-refractivity contribution in [3.8, 4) is 0 Å². The topological polar surface area (TPSA) is 187 Å². The Bertz CT molecular complexity index is 1360. The molecule has 4 saturated carbocycles. The third-order valence-corrected chi connectivity index (χ3v) is 12.8. The van der Waals surface area contributed by atoms with Crippen molar-refractivity contribution < 1.29 is 67.0 Å². The molecule has 0 radical (unpaired) electrons. The SMILES string of the molecule is COC(=O)[C@@H]1O[C@H](OCC(=O)[C@@]2(O)CC[C@@H]3[C@@H]4CC[C@@H]5C[C@H](OC(C)=O)CC[C@]5(C)[C@@H]4CC[C@]32C)[C@@H](OC(C)=O)[C@H](OC(C)=O)[C@H]1OC(C)=O. The predicted molar refractivity (Wildman–Crippen MR) is 171 cm³/mol. The fourth-order valence-electron chi connectivity index (χ4n) is 10.5. The molecule has 0 aromatic rings. The molecular formula is C36H52O14. The zero-order chi connectivity index (χ0) is 36.8. The van der Waals surface area contributed by atoms with Crippen molar-refractivity contribution in [2.24, 2.45) is 34.5 Å². The predicted octanol–water partition coefficient (Wildman–Crippen LogP) is 2.97. The van der Waals surface area contributed by atoms with Gasteiger partial charge in [-0.1, -0.05) is 13.8 Å². The first-order chi connectivity index (χ1) is 23.4. The molecule has 1 aliphatic heterocycles. The Labute approximate surface area is 292 Å². The maximum absolute atomic E-state index is 14.1. The molecule has 0 bridgehead atoms. The van der Waals surface area contributed by atoms with E-state index in [1.165, 1.54) is 6.92 Å². The molecule has 0 unspecified atom stereocenters. The Morgan fingerprint density at radius 3 is 1.94 bits per heavy atom. The van der Waals surface area contributed by atoms with Crippen LogP contribution in [0.15, 0.2) is 0 Å². The van der Waals surface area contributed by atoms with Gasteiger partial charge in [0.15, 0.2) is 36.5 Å². The van der Waals surface area contributed by atoms with Crippen LogP contribution in [0.1, 0.15) is 99.3 Å². The van der Waals surface area contributed by atoms with Crippen molar-refractivity contribution in [1.82, 2.24) is 0 Å². The largest absolute Gasteiger partial charge is 0.467 e. The molecule has 5 rings (SSSR count). The normalized spacial score (nSPS) is 42.1. The fraction of sp³-hybridized carbons (Fsp3) is 0.833. The number of methoxy groups -OCH3 is 1. The highest BCUT2D eigenvalue weighted by Gasteiger charge is 2.67. The lowest BCUT2D eigenvalue weighted by Crippen LogP contribution is -2.64. The van der Waals surface area contributed by atoms with Crippen LogP contribution in [-0.4, -0.2) is 96.9 Å². The molecule has 0 aromatic heterocycles. The van der Waals surface area contributed by atoms with E-state index in [1.807, 2.05) is 6.92 Å². The Morgan fingerprint density at radius 2 is 1.32 bits per heavy atom. The van der Waals surface area contributed by atoms with Crippen molar-refractivity contribution >= 4 is 35.6 Å². The van der Waals surface area contributed by atoms with Gasteiger partial charge in [0.05, 0.1) is 7.11 Å². The van der Waals surface area contributed by atoms with Crippen LogP contribution in [0, 0.1) is 34.5 Å². The molecule has 0 spiro atoms. The molecule has 0 aromatic carbocycles. The lowest BCUT2D eigenvalue weighted by Gasteiger charge is -2.61. The number of carbonyl (C=O) groups excluding carboxylic acids is 6. The maximum atomic E-state index is 14.1. The minimum absolute atomic E-state index is 0.0430. The van der Waals surface area contributed by atoms with Crippen LogP contribution in [0.4, 0.5) is 0 Å². The molecule has 14 heteroatoms. The molecular weight excluding hydrogens is 656 g/mol.